The number of ketones is 1. The summed E-state index contributed by atoms with van der Waals surface area (Å²) in [6, 6.07) is 11.7. The highest BCUT2D eigenvalue weighted by atomic mass is 16.5. The molecular formula is C23H25N3O2. The van der Waals surface area contributed by atoms with Crippen molar-refractivity contribution in [1.29, 1.82) is 0 Å². The van der Waals surface area contributed by atoms with Crippen LogP contribution in [-0.4, -0.2) is 47.4 Å². The Labute approximate surface area is 165 Å². The minimum Gasteiger partial charge on any atom is -0.496 e. The second-order valence-electron chi connectivity index (χ2n) is 7.41. The number of benzene rings is 1. The van der Waals surface area contributed by atoms with Crippen LogP contribution in [0.2, 0.25) is 0 Å². The third-order valence-corrected chi connectivity index (χ3v) is 5.69. The first-order valence-corrected chi connectivity index (χ1v) is 9.75. The van der Waals surface area contributed by atoms with Crippen molar-refractivity contribution in [3.05, 3.63) is 65.7 Å². The number of carbonyl (C=O) groups excluding carboxylic acids is 1. The molecule has 0 amide bonds. The molecule has 3 heterocycles. The molecule has 1 aliphatic rings. The summed E-state index contributed by atoms with van der Waals surface area (Å²) in [7, 11) is 1.71. The van der Waals surface area contributed by atoms with Crippen molar-refractivity contribution in [3.8, 4) is 5.75 Å². The van der Waals surface area contributed by atoms with Gasteiger partial charge in [-0.2, -0.15) is 0 Å². The topological polar surface area (TPSA) is 55.3 Å². The highest BCUT2D eigenvalue weighted by Gasteiger charge is 2.24. The number of hydrogen-bond donors (Lipinski definition) is 0. The van der Waals surface area contributed by atoms with Gasteiger partial charge in [0, 0.05) is 29.4 Å². The summed E-state index contributed by atoms with van der Waals surface area (Å²) in [5.74, 6) is 1.43. The normalized spacial score (nSPS) is 15.6. The maximum absolute atomic E-state index is 12.4. The lowest BCUT2D eigenvalue weighted by atomic mass is 9.91. The van der Waals surface area contributed by atoms with E-state index in [4.69, 9.17) is 9.72 Å². The molecule has 3 aromatic rings. The van der Waals surface area contributed by atoms with Gasteiger partial charge in [-0.1, -0.05) is 6.07 Å². The average Bonchev–Trinajstić information content (AvgIpc) is 2.75. The number of ether oxygens (including phenoxy) is 1. The Morgan fingerprint density at radius 2 is 2.00 bits per heavy atom. The van der Waals surface area contributed by atoms with E-state index in [0.29, 0.717) is 18.2 Å². The van der Waals surface area contributed by atoms with Crippen LogP contribution in [0.15, 0.2) is 48.8 Å². The monoisotopic (exact) mass is 375 g/mol. The molecule has 0 radical (unpaired) electrons. The zero-order chi connectivity index (χ0) is 19.5. The number of carbonyl (C=O) groups is 1. The third-order valence-electron chi connectivity index (χ3n) is 5.69. The first-order chi connectivity index (χ1) is 13.7. The molecule has 5 nitrogen and oxygen atoms in total. The number of aryl methyl sites for hydroxylation is 1. The molecule has 1 saturated heterocycles. The summed E-state index contributed by atoms with van der Waals surface area (Å²) in [4.78, 5) is 23.5. The summed E-state index contributed by atoms with van der Waals surface area (Å²) in [5.41, 5.74) is 2.84. The number of pyridine rings is 2. The smallest absolute Gasteiger partial charge is 0.195 e. The number of fused-ring (bicyclic) bond motifs is 1. The summed E-state index contributed by atoms with van der Waals surface area (Å²) in [6.45, 7) is 4.34. The van der Waals surface area contributed by atoms with Crippen molar-refractivity contribution in [2.75, 3.05) is 26.7 Å². The van der Waals surface area contributed by atoms with Gasteiger partial charge in [0.05, 0.1) is 13.7 Å². The summed E-state index contributed by atoms with van der Waals surface area (Å²) >= 11 is 0. The predicted octanol–water partition coefficient (Wildman–Crippen LogP) is 4.01. The van der Waals surface area contributed by atoms with E-state index in [1.807, 2.05) is 24.4 Å². The Bertz CT molecular complexity index is 980. The number of methoxy groups -OCH3 is 1. The molecule has 144 valence electrons. The molecule has 0 saturated carbocycles. The van der Waals surface area contributed by atoms with Gasteiger partial charge in [-0.25, -0.2) is 0 Å². The minimum absolute atomic E-state index is 0.0885. The van der Waals surface area contributed by atoms with Gasteiger partial charge in [-0.3, -0.25) is 19.7 Å². The number of piperidine rings is 1. The van der Waals surface area contributed by atoms with E-state index in [9.17, 15) is 4.79 Å². The molecular weight excluding hydrogens is 350 g/mol. The van der Waals surface area contributed by atoms with Crippen molar-refractivity contribution < 1.29 is 9.53 Å². The Morgan fingerprint density at radius 1 is 1.18 bits per heavy atom. The van der Waals surface area contributed by atoms with Crippen LogP contribution in [0.4, 0.5) is 0 Å². The minimum atomic E-state index is 0.0885. The summed E-state index contributed by atoms with van der Waals surface area (Å²) in [5, 5.41) is 2.34. The Morgan fingerprint density at radius 3 is 2.71 bits per heavy atom. The molecule has 0 bridgehead atoms. The van der Waals surface area contributed by atoms with E-state index in [0.717, 1.165) is 48.3 Å². The first kappa shape index (κ1) is 18.6. The van der Waals surface area contributed by atoms with E-state index in [2.05, 4.69) is 28.9 Å². The standard InChI is InChI=1S/C23H25N3O2/c1-16-19-13-21(25-14-18(19)6-7-23(16)28-2)17-8-11-26(12-9-17)15-22(27)20-5-3-4-10-24-20/h3-7,10,13-14,17H,8-9,11-12,15H2,1-2H3. The van der Waals surface area contributed by atoms with Gasteiger partial charge in [-0.05, 0) is 74.1 Å². The molecule has 5 heteroatoms. The summed E-state index contributed by atoms with van der Waals surface area (Å²) < 4.78 is 5.46. The highest BCUT2D eigenvalue weighted by molar-refractivity contribution is 5.95. The lowest BCUT2D eigenvalue weighted by Gasteiger charge is -2.31. The van der Waals surface area contributed by atoms with Crippen molar-refractivity contribution in [1.82, 2.24) is 14.9 Å². The Balaban J connectivity index is 1.43. The number of rotatable bonds is 5. The maximum Gasteiger partial charge on any atom is 0.195 e. The van der Waals surface area contributed by atoms with Crippen LogP contribution in [0.3, 0.4) is 0 Å². The average molecular weight is 375 g/mol. The molecule has 0 N–H and O–H groups in total. The maximum atomic E-state index is 12.4. The van der Waals surface area contributed by atoms with Gasteiger partial charge in [0.1, 0.15) is 11.4 Å². The molecule has 0 spiro atoms. The SMILES string of the molecule is COc1ccc2cnc(C3CCN(CC(=O)c4ccccn4)CC3)cc2c1C. The fourth-order valence-corrected chi connectivity index (χ4v) is 4.01. The van der Waals surface area contributed by atoms with Gasteiger partial charge in [0.2, 0.25) is 0 Å². The highest BCUT2D eigenvalue weighted by Crippen LogP contribution is 2.32. The van der Waals surface area contributed by atoms with Crippen molar-refractivity contribution in [2.45, 2.75) is 25.7 Å². The molecule has 0 aliphatic carbocycles. The molecule has 1 aromatic carbocycles. The van der Waals surface area contributed by atoms with Crippen LogP contribution in [-0.2, 0) is 0 Å². The second kappa shape index (κ2) is 8.07. The number of nitrogens with zero attached hydrogens (tertiary/aromatic N) is 3. The van der Waals surface area contributed by atoms with Gasteiger partial charge >= 0.3 is 0 Å². The molecule has 0 atom stereocenters. The number of hydrogen-bond acceptors (Lipinski definition) is 5. The van der Waals surface area contributed by atoms with Gasteiger partial charge in [0.25, 0.3) is 0 Å². The largest absolute Gasteiger partial charge is 0.496 e. The Kier molecular flexibility index (Phi) is 5.35. The fraction of sp³-hybridized carbons (Fsp3) is 0.348. The van der Waals surface area contributed by atoms with E-state index < -0.39 is 0 Å². The first-order valence-electron chi connectivity index (χ1n) is 9.75. The van der Waals surface area contributed by atoms with Crippen LogP contribution in [0, 0.1) is 6.92 Å². The Hall–Kier alpha value is -2.79. The predicted molar refractivity (Wildman–Crippen MR) is 110 cm³/mol. The van der Waals surface area contributed by atoms with Crippen LogP contribution >= 0.6 is 0 Å². The zero-order valence-electron chi connectivity index (χ0n) is 16.4. The lowest BCUT2D eigenvalue weighted by Crippen LogP contribution is -2.37. The summed E-state index contributed by atoms with van der Waals surface area (Å²) in [6.07, 6.45) is 5.66. The van der Waals surface area contributed by atoms with Crippen molar-refractivity contribution >= 4 is 16.6 Å². The van der Waals surface area contributed by atoms with Gasteiger partial charge in [0.15, 0.2) is 5.78 Å². The van der Waals surface area contributed by atoms with Gasteiger partial charge < -0.3 is 4.74 Å². The van der Waals surface area contributed by atoms with Crippen LogP contribution in [0.5, 0.6) is 5.75 Å². The second-order valence-corrected chi connectivity index (χ2v) is 7.41. The van der Waals surface area contributed by atoms with E-state index >= 15 is 0 Å². The van der Waals surface area contributed by atoms with E-state index in [-0.39, 0.29) is 5.78 Å². The van der Waals surface area contributed by atoms with E-state index in [1.54, 1.807) is 19.4 Å². The van der Waals surface area contributed by atoms with Crippen LogP contribution in [0.25, 0.3) is 10.8 Å². The quantitative estimate of drug-likeness (QED) is 0.631. The molecule has 2 aromatic heterocycles. The molecule has 1 fully saturated rings. The van der Waals surface area contributed by atoms with Crippen LogP contribution in [0.1, 0.15) is 40.5 Å². The molecule has 28 heavy (non-hydrogen) atoms. The number of likely N-dealkylation sites (tertiary alicyclic amines) is 1. The van der Waals surface area contributed by atoms with Crippen LogP contribution < -0.4 is 4.74 Å². The number of aromatic nitrogens is 2. The van der Waals surface area contributed by atoms with Crippen molar-refractivity contribution in [2.24, 2.45) is 0 Å². The molecule has 4 rings (SSSR count). The molecule has 1 aliphatic heterocycles. The fourth-order valence-electron chi connectivity index (χ4n) is 4.01. The van der Waals surface area contributed by atoms with Gasteiger partial charge in [-0.15, -0.1) is 0 Å². The molecule has 0 unspecified atom stereocenters. The van der Waals surface area contributed by atoms with Crippen molar-refractivity contribution in [3.63, 3.8) is 0 Å². The zero-order valence-corrected chi connectivity index (χ0v) is 16.4. The lowest BCUT2D eigenvalue weighted by molar-refractivity contribution is 0.0904. The number of Topliss-reactive ketones (excluding diaryl/α,β-unsaturated/α-hetero) is 1. The van der Waals surface area contributed by atoms with E-state index in [1.165, 1.54) is 5.39 Å². The third kappa shape index (κ3) is 3.76.